The molecular formula is C15H20F2N2O2. The van der Waals surface area contributed by atoms with Crippen molar-refractivity contribution in [3.8, 4) is 0 Å². The zero-order valence-corrected chi connectivity index (χ0v) is 11.8. The molecule has 0 saturated carbocycles. The highest BCUT2D eigenvalue weighted by Crippen LogP contribution is 2.11. The standard InChI is InChI=1S/C15H20F2N2O2/c16-12-3-1-4-13(17)14(12)15(20)19-7-2-10-21-11-5-8-18-9-6-11/h1,3-4,11,18H,2,5-10H2,(H,19,20). The van der Waals surface area contributed by atoms with E-state index in [4.69, 9.17) is 4.74 Å². The number of carbonyl (C=O) groups excluding carboxylic acids is 1. The van der Waals surface area contributed by atoms with Crippen LogP contribution < -0.4 is 10.6 Å². The summed E-state index contributed by atoms with van der Waals surface area (Å²) in [6.45, 7) is 2.80. The van der Waals surface area contributed by atoms with Crippen LogP contribution in [0.15, 0.2) is 18.2 Å². The largest absolute Gasteiger partial charge is 0.378 e. The third-order valence-electron chi connectivity index (χ3n) is 3.44. The molecule has 2 N–H and O–H groups in total. The van der Waals surface area contributed by atoms with Gasteiger partial charge in [-0.3, -0.25) is 4.79 Å². The lowest BCUT2D eigenvalue weighted by Gasteiger charge is -2.22. The SMILES string of the molecule is O=C(NCCCOC1CCNCC1)c1c(F)cccc1F. The molecule has 0 atom stereocenters. The Morgan fingerprint density at radius 2 is 1.95 bits per heavy atom. The maximum atomic E-state index is 13.4. The second-order valence-electron chi connectivity index (χ2n) is 5.03. The minimum atomic E-state index is -0.849. The van der Waals surface area contributed by atoms with Crippen LogP contribution in [0.4, 0.5) is 8.78 Å². The molecule has 1 heterocycles. The summed E-state index contributed by atoms with van der Waals surface area (Å²) in [5.74, 6) is -2.43. The van der Waals surface area contributed by atoms with E-state index in [0.717, 1.165) is 38.1 Å². The van der Waals surface area contributed by atoms with Crippen molar-refractivity contribution in [3.05, 3.63) is 35.4 Å². The number of hydrogen-bond donors (Lipinski definition) is 2. The second-order valence-corrected chi connectivity index (χ2v) is 5.03. The minimum absolute atomic E-state index is 0.269. The fourth-order valence-electron chi connectivity index (χ4n) is 2.29. The molecule has 4 nitrogen and oxygen atoms in total. The molecule has 1 fully saturated rings. The Bertz CT molecular complexity index is 456. The molecule has 116 valence electrons. The first-order valence-corrected chi connectivity index (χ1v) is 7.23. The van der Waals surface area contributed by atoms with E-state index in [-0.39, 0.29) is 6.10 Å². The first-order valence-electron chi connectivity index (χ1n) is 7.23. The molecule has 0 aromatic heterocycles. The highest BCUT2D eigenvalue weighted by molar-refractivity contribution is 5.94. The summed E-state index contributed by atoms with van der Waals surface area (Å²) >= 11 is 0. The molecule has 0 radical (unpaired) electrons. The van der Waals surface area contributed by atoms with Crippen LogP contribution in [-0.2, 0) is 4.74 Å². The summed E-state index contributed by atoms with van der Waals surface area (Å²) in [6.07, 6.45) is 2.87. The maximum absolute atomic E-state index is 13.4. The van der Waals surface area contributed by atoms with Gasteiger partial charge in [0.25, 0.3) is 5.91 Å². The van der Waals surface area contributed by atoms with Gasteiger partial charge >= 0.3 is 0 Å². The molecule has 1 saturated heterocycles. The van der Waals surface area contributed by atoms with Crippen LogP contribution in [0.5, 0.6) is 0 Å². The molecule has 21 heavy (non-hydrogen) atoms. The van der Waals surface area contributed by atoms with Crippen molar-refractivity contribution in [2.24, 2.45) is 0 Å². The van der Waals surface area contributed by atoms with Gasteiger partial charge in [0.05, 0.1) is 6.10 Å². The lowest BCUT2D eigenvalue weighted by molar-refractivity contribution is 0.0317. The third kappa shape index (κ3) is 4.75. The average molecular weight is 298 g/mol. The molecule has 1 aliphatic heterocycles. The van der Waals surface area contributed by atoms with Gasteiger partial charge in [-0.1, -0.05) is 6.07 Å². The van der Waals surface area contributed by atoms with Crippen molar-refractivity contribution in [1.29, 1.82) is 0 Å². The highest BCUT2D eigenvalue weighted by atomic mass is 19.1. The van der Waals surface area contributed by atoms with E-state index in [2.05, 4.69) is 10.6 Å². The minimum Gasteiger partial charge on any atom is -0.378 e. The predicted molar refractivity (Wildman–Crippen MR) is 75.2 cm³/mol. The van der Waals surface area contributed by atoms with E-state index >= 15 is 0 Å². The molecule has 1 amide bonds. The van der Waals surface area contributed by atoms with Crippen LogP contribution in [-0.4, -0.2) is 38.3 Å². The summed E-state index contributed by atoms with van der Waals surface area (Å²) in [7, 11) is 0. The van der Waals surface area contributed by atoms with Gasteiger partial charge in [-0.05, 0) is 44.5 Å². The van der Waals surface area contributed by atoms with Gasteiger partial charge in [-0.15, -0.1) is 0 Å². The number of benzene rings is 1. The number of piperidine rings is 1. The van der Waals surface area contributed by atoms with E-state index in [1.54, 1.807) is 0 Å². The van der Waals surface area contributed by atoms with Crippen molar-refractivity contribution in [3.63, 3.8) is 0 Å². The fourth-order valence-corrected chi connectivity index (χ4v) is 2.29. The molecular weight excluding hydrogens is 278 g/mol. The van der Waals surface area contributed by atoms with Gasteiger partial charge in [0.2, 0.25) is 0 Å². The van der Waals surface area contributed by atoms with Crippen LogP contribution in [0.1, 0.15) is 29.6 Å². The first kappa shape index (κ1) is 15.9. The maximum Gasteiger partial charge on any atom is 0.257 e. The van der Waals surface area contributed by atoms with E-state index in [1.807, 2.05) is 0 Å². The van der Waals surface area contributed by atoms with Crippen LogP contribution in [0.25, 0.3) is 0 Å². The van der Waals surface area contributed by atoms with Crippen LogP contribution in [0.3, 0.4) is 0 Å². The van der Waals surface area contributed by atoms with Crippen LogP contribution >= 0.6 is 0 Å². The van der Waals surface area contributed by atoms with Gasteiger partial charge < -0.3 is 15.4 Å². The van der Waals surface area contributed by atoms with Crippen molar-refractivity contribution < 1.29 is 18.3 Å². The Labute approximate surface area is 122 Å². The highest BCUT2D eigenvalue weighted by Gasteiger charge is 2.16. The molecule has 1 aliphatic rings. The van der Waals surface area contributed by atoms with Gasteiger partial charge in [0, 0.05) is 13.2 Å². The van der Waals surface area contributed by atoms with Crippen LogP contribution in [0.2, 0.25) is 0 Å². The average Bonchev–Trinajstić information content (AvgIpc) is 2.48. The third-order valence-corrected chi connectivity index (χ3v) is 3.44. The summed E-state index contributed by atoms with van der Waals surface area (Å²) in [4.78, 5) is 11.7. The molecule has 0 spiro atoms. The molecule has 2 rings (SSSR count). The zero-order valence-electron chi connectivity index (χ0n) is 11.8. The van der Waals surface area contributed by atoms with Crippen molar-refractivity contribution >= 4 is 5.91 Å². The Kier molecular flexibility index (Phi) is 6.07. The molecule has 0 unspecified atom stereocenters. The van der Waals surface area contributed by atoms with Gasteiger partial charge in [-0.25, -0.2) is 8.78 Å². The second kappa shape index (κ2) is 8.05. The van der Waals surface area contributed by atoms with E-state index < -0.39 is 23.1 Å². The predicted octanol–water partition coefficient (Wildman–Crippen LogP) is 1.85. The normalized spacial score (nSPS) is 15.9. The fraction of sp³-hybridized carbons (Fsp3) is 0.533. The molecule has 0 bridgehead atoms. The summed E-state index contributed by atoms with van der Waals surface area (Å²) in [6, 6.07) is 3.37. The quantitative estimate of drug-likeness (QED) is 0.788. The van der Waals surface area contributed by atoms with Crippen molar-refractivity contribution in [1.82, 2.24) is 10.6 Å². The van der Waals surface area contributed by atoms with Crippen LogP contribution in [0, 0.1) is 11.6 Å². The lowest BCUT2D eigenvalue weighted by Crippen LogP contribution is -2.33. The van der Waals surface area contributed by atoms with E-state index in [0.29, 0.717) is 19.6 Å². The van der Waals surface area contributed by atoms with E-state index in [9.17, 15) is 13.6 Å². The monoisotopic (exact) mass is 298 g/mol. The Hall–Kier alpha value is -1.53. The number of ether oxygens (including phenoxy) is 1. The topological polar surface area (TPSA) is 50.4 Å². The Morgan fingerprint density at radius 1 is 1.29 bits per heavy atom. The summed E-state index contributed by atoms with van der Waals surface area (Å²) in [5, 5.41) is 5.76. The molecule has 6 heteroatoms. The molecule has 1 aromatic rings. The lowest BCUT2D eigenvalue weighted by atomic mass is 10.1. The summed E-state index contributed by atoms with van der Waals surface area (Å²) in [5.41, 5.74) is -0.531. The van der Waals surface area contributed by atoms with Gasteiger partial charge in [-0.2, -0.15) is 0 Å². The number of rotatable bonds is 6. The number of hydrogen-bond acceptors (Lipinski definition) is 3. The summed E-state index contributed by atoms with van der Waals surface area (Å²) < 4.78 is 32.5. The van der Waals surface area contributed by atoms with Gasteiger partial charge in [0.15, 0.2) is 0 Å². The zero-order chi connectivity index (χ0) is 15.1. The Balaban J connectivity index is 1.67. The first-order chi connectivity index (χ1) is 10.2. The Morgan fingerprint density at radius 3 is 2.62 bits per heavy atom. The molecule has 0 aliphatic carbocycles. The number of nitrogens with one attached hydrogen (secondary N) is 2. The smallest absolute Gasteiger partial charge is 0.257 e. The number of carbonyl (C=O) groups is 1. The van der Waals surface area contributed by atoms with Gasteiger partial charge in [0.1, 0.15) is 17.2 Å². The van der Waals surface area contributed by atoms with Crippen molar-refractivity contribution in [2.75, 3.05) is 26.2 Å². The number of amides is 1. The molecule has 1 aromatic carbocycles. The number of halogens is 2. The van der Waals surface area contributed by atoms with E-state index in [1.165, 1.54) is 6.07 Å². The van der Waals surface area contributed by atoms with Crippen molar-refractivity contribution in [2.45, 2.75) is 25.4 Å².